The molecule has 0 atom stereocenters. The van der Waals surface area contributed by atoms with Crippen molar-refractivity contribution in [2.24, 2.45) is 0 Å². The van der Waals surface area contributed by atoms with Crippen molar-refractivity contribution < 1.29 is 13.2 Å². The lowest BCUT2D eigenvalue weighted by molar-refractivity contribution is -0.137. The van der Waals surface area contributed by atoms with E-state index in [9.17, 15) is 13.2 Å². The number of nitrogens with two attached hydrogens (primary N) is 1. The Morgan fingerprint density at radius 3 is 2.58 bits per heavy atom. The molecule has 2 N–H and O–H groups in total. The number of hydrogen-bond donors (Lipinski definition) is 1. The summed E-state index contributed by atoms with van der Waals surface area (Å²) in [7, 11) is 0. The van der Waals surface area contributed by atoms with Crippen LogP contribution in [0.2, 0.25) is 0 Å². The predicted molar refractivity (Wildman–Crippen MR) is 35.1 cm³/mol. The van der Waals surface area contributed by atoms with E-state index in [0.29, 0.717) is 0 Å². The number of hydrogen-bond acceptors (Lipinski definition) is 3. The third kappa shape index (κ3) is 2.77. The Kier molecular flexibility index (Phi) is 2.20. The summed E-state index contributed by atoms with van der Waals surface area (Å²) in [4.78, 5) is 0.919. The lowest BCUT2D eigenvalue weighted by Crippen LogP contribution is -2.13. The van der Waals surface area contributed by atoms with E-state index in [4.69, 9.17) is 5.73 Å². The molecule has 0 aliphatic rings. The molecule has 0 saturated heterocycles. The first-order valence-corrected chi connectivity index (χ1v) is 3.20. The summed E-state index contributed by atoms with van der Waals surface area (Å²) < 4.78 is 34.9. The number of rotatable bonds is 2. The summed E-state index contributed by atoms with van der Waals surface area (Å²) in [5.74, 6) is 0.122. The van der Waals surface area contributed by atoms with E-state index >= 15 is 0 Å². The maximum absolute atomic E-state index is 11.6. The van der Waals surface area contributed by atoms with Crippen LogP contribution in [0.25, 0.3) is 0 Å². The number of nitrogen functional groups attached to an aromatic ring is 1. The van der Waals surface area contributed by atoms with Gasteiger partial charge in [0.25, 0.3) is 0 Å². The Hall–Kier alpha value is -1.27. The van der Waals surface area contributed by atoms with Crippen molar-refractivity contribution in [1.82, 2.24) is 15.0 Å². The molecule has 0 radical (unpaired) electrons. The third-order valence-electron chi connectivity index (χ3n) is 1.15. The van der Waals surface area contributed by atoms with E-state index in [1.165, 1.54) is 6.20 Å². The van der Waals surface area contributed by atoms with Crippen molar-refractivity contribution in [3.05, 3.63) is 6.20 Å². The fourth-order valence-electron chi connectivity index (χ4n) is 0.645. The number of alkyl halides is 3. The topological polar surface area (TPSA) is 56.7 Å². The largest absolute Gasteiger partial charge is 0.390 e. The van der Waals surface area contributed by atoms with Crippen LogP contribution in [0.5, 0.6) is 0 Å². The molecule has 0 aliphatic carbocycles. The highest BCUT2D eigenvalue weighted by molar-refractivity contribution is 5.19. The molecule has 0 saturated carbocycles. The molecule has 0 aromatic carbocycles. The highest BCUT2D eigenvalue weighted by atomic mass is 19.4. The summed E-state index contributed by atoms with van der Waals surface area (Å²) in [6, 6.07) is 0. The molecule has 4 nitrogen and oxygen atoms in total. The average Bonchev–Trinajstić information content (AvgIpc) is 2.30. The molecule has 0 fully saturated rings. The highest BCUT2D eigenvalue weighted by Crippen LogP contribution is 2.19. The van der Waals surface area contributed by atoms with Gasteiger partial charge >= 0.3 is 6.18 Å². The molecule has 0 amide bonds. The Morgan fingerprint density at radius 1 is 1.50 bits per heavy atom. The van der Waals surface area contributed by atoms with Gasteiger partial charge in [-0.05, 0) is 0 Å². The van der Waals surface area contributed by atoms with E-state index in [0.717, 1.165) is 4.80 Å². The lowest BCUT2D eigenvalue weighted by Gasteiger charge is -2.03. The van der Waals surface area contributed by atoms with Crippen LogP contribution in [-0.4, -0.2) is 21.2 Å². The van der Waals surface area contributed by atoms with Gasteiger partial charge in [0.1, 0.15) is 0 Å². The Bertz CT molecular complexity index is 253. The van der Waals surface area contributed by atoms with Crippen molar-refractivity contribution in [2.45, 2.75) is 19.1 Å². The minimum Gasteiger partial charge on any atom is -0.381 e. The zero-order valence-corrected chi connectivity index (χ0v) is 6.04. The molecule has 0 aliphatic heterocycles. The van der Waals surface area contributed by atoms with Crippen LogP contribution in [-0.2, 0) is 6.54 Å². The van der Waals surface area contributed by atoms with Crippen molar-refractivity contribution in [3.8, 4) is 0 Å². The second-order valence-electron chi connectivity index (χ2n) is 2.23. The highest BCUT2D eigenvalue weighted by Gasteiger charge is 2.26. The van der Waals surface area contributed by atoms with E-state index < -0.39 is 12.6 Å². The predicted octanol–water partition coefficient (Wildman–Crippen LogP) is 0.813. The molecule has 7 heteroatoms. The fourth-order valence-corrected chi connectivity index (χ4v) is 0.645. The van der Waals surface area contributed by atoms with E-state index in [-0.39, 0.29) is 12.4 Å². The van der Waals surface area contributed by atoms with Gasteiger partial charge < -0.3 is 5.73 Å². The summed E-state index contributed by atoms with van der Waals surface area (Å²) in [6.45, 7) is -0.291. The normalized spacial score (nSPS) is 11.9. The number of aryl methyl sites for hydroxylation is 1. The standard InChI is InChI=1S/C5H7F3N4/c6-5(7,8)1-2-12-10-3-4(9)11-12/h3H,1-2H2,(H2,9,11). The maximum Gasteiger partial charge on any atom is 0.390 e. The molecule has 12 heavy (non-hydrogen) atoms. The van der Waals surface area contributed by atoms with Crippen molar-refractivity contribution in [3.63, 3.8) is 0 Å². The quantitative estimate of drug-likeness (QED) is 0.732. The van der Waals surface area contributed by atoms with Crippen LogP contribution in [0.4, 0.5) is 19.0 Å². The number of halogens is 3. The zero-order valence-electron chi connectivity index (χ0n) is 6.04. The Labute approximate surface area is 66.2 Å². The molecule has 0 spiro atoms. The van der Waals surface area contributed by atoms with Gasteiger partial charge in [-0.1, -0.05) is 0 Å². The monoisotopic (exact) mass is 180 g/mol. The van der Waals surface area contributed by atoms with Crippen LogP contribution < -0.4 is 5.73 Å². The number of aromatic nitrogens is 3. The zero-order chi connectivity index (χ0) is 9.19. The van der Waals surface area contributed by atoms with Crippen LogP contribution in [0.15, 0.2) is 6.20 Å². The van der Waals surface area contributed by atoms with Gasteiger partial charge in [-0.25, -0.2) is 0 Å². The minimum atomic E-state index is -4.18. The molecule has 68 valence electrons. The fraction of sp³-hybridized carbons (Fsp3) is 0.600. The van der Waals surface area contributed by atoms with Gasteiger partial charge in [0.15, 0.2) is 5.82 Å². The first-order chi connectivity index (χ1) is 5.47. The molecule has 1 rings (SSSR count). The van der Waals surface area contributed by atoms with Crippen LogP contribution in [0, 0.1) is 0 Å². The summed E-state index contributed by atoms with van der Waals surface area (Å²) in [6.07, 6.45) is -3.92. The molecule has 1 heterocycles. The minimum absolute atomic E-state index is 0.122. The van der Waals surface area contributed by atoms with Crippen molar-refractivity contribution in [1.29, 1.82) is 0 Å². The second kappa shape index (κ2) is 3.00. The van der Waals surface area contributed by atoms with Gasteiger partial charge in [-0.3, -0.25) is 0 Å². The molecule has 1 aromatic heterocycles. The van der Waals surface area contributed by atoms with Gasteiger partial charge in [-0.15, -0.1) is 5.10 Å². The maximum atomic E-state index is 11.6. The summed E-state index contributed by atoms with van der Waals surface area (Å²) in [5.41, 5.74) is 5.14. The molecule has 1 aromatic rings. The second-order valence-corrected chi connectivity index (χ2v) is 2.23. The van der Waals surface area contributed by atoms with Gasteiger partial charge in [-0.2, -0.15) is 23.1 Å². The number of nitrogens with zero attached hydrogens (tertiary/aromatic N) is 3. The lowest BCUT2D eigenvalue weighted by atomic mass is 10.4. The molecule has 0 bridgehead atoms. The number of anilines is 1. The first kappa shape index (κ1) is 8.82. The summed E-state index contributed by atoms with van der Waals surface area (Å²) >= 11 is 0. The van der Waals surface area contributed by atoms with E-state index in [1.807, 2.05) is 0 Å². The molecule has 0 unspecified atom stereocenters. The van der Waals surface area contributed by atoms with Crippen molar-refractivity contribution >= 4 is 5.82 Å². The first-order valence-electron chi connectivity index (χ1n) is 3.20. The molecular formula is C5H7F3N4. The smallest absolute Gasteiger partial charge is 0.381 e. The Morgan fingerprint density at radius 2 is 2.17 bits per heavy atom. The summed E-state index contributed by atoms with van der Waals surface area (Å²) in [5, 5.41) is 7.00. The van der Waals surface area contributed by atoms with Gasteiger partial charge in [0.2, 0.25) is 0 Å². The van der Waals surface area contributed by atoms with Gasteiger partial charge in [0.05, 0.1) is 19.2 Å². The van der Waals surface area contributed by atoms with Gasteiger partial charge in [0, 0.05) is 0 Å². The van der Waals surface area contributed by atoms with E-state index in [2.05, 4.69) is 10.2 Å². The van der Waals surface area contributed by atoms with Crippen LogP contribution in [0.3, 0.4) is 0 Å². The van der Waals surface area contributed by atoms with Crippen LogP contribution in [0.1, 0.15) is 6.42 Å². The SMILES string of the molecule is Nc1cnn(CCC(F)(F)F)n1. The average molecular weight is 180 g/mol. The van der Waals surface area contributed by atoms with Crippen molar-refractivity contribution in [2.75, 3.05) is 5.73 Å². The van der Waals surface area contributed by atoms with Crippen LogP contribution >= 0.6 is 0 Å². The Balaban J connectivity index is 2.44. The third-order valence-corrected chi connectivity index (χ3v) is 1.15. The van der Waals surface area contributed by atoms with E-state index in [1.54, 1.807) is 0 Å². The molecular weight excluding hydrogens is 173 g/mol.